The highest BCUT2D eigenvalue weighted by atomic mass is 31.0. The zero-order valence-corrected chi connectivity index (χ0v) is 11.9. The molecule has 1 aromatic heterocycles. The molecule has 1 fully saturated rings. The SMILES string of the molecule is c1cc(C2CCCCCCCCCCC2)p[nH]1. The minimum absolute atomic E-state index is 0.863. The molecule has 0 saturated heterocycles. The number of hydrogen-bond donors (Lipinski definition) is 1. The highest BCUT2D eigenvalue weighted by Gasteiger charge is 2.12. The molecular weight excluding hydrogens is 225 g/mol. The van der Waals surface area contributed by atoms with Gasteiger partial charge in [0.15, 0.2) is 0 Å². The number of hydrogen-bond acceptors (Lipinski definition) is 0. The molecule has 1 nitrogen and oxygen atoms in total. The molecule has 1 N–H and O–H groups in total. The van der Waals surface area contributed by atoms with Crippen molar-refractivity contribution < 1.29 is 0 Å². The van der Waals surface area contributed by atoms with Crippen LogP contribution in [0.1, 0.15) is 81.8 Å². The molecule has 0 aliphatic heterocycles. The van der Waals surface area contributed by atoms with Crippen LogP contribution in [-0.4, -0.2) is 4.75 Å². The Balaban J connectivity index is 1.84. The van der Waals surface area contributed by atoms with Crippen molar-refractivity contribution in [3.8, 4) is 0 Å². The van der Waals surface area contributed by atoms with E-state index in [1.807, 2.05) is 0 Å². The van der Waals surface area contributed by atoms with Gasteiger partial charge in [-0.1, -0.05) is 57.8 Å². The standard InChI is InChI=1S/C15H26NP/c1-2-4-6-8-10-14(11-9-7-5-3-1)15-12-13-16-17-15/h12-14,16H,1-11H2. The minimum atomic E-state index is 0.863. The summed E-state index contributed by atoms with van der Waals surface area (Å²) in [6, 6.07) is 2.32. The maximum Gasteiger partial charge on any atom is 0.0142 e. The van der Waals surface area contributed by atoms with E-state index >= 15 is 0 Å². The first-order valence-corrected chi connectivity index (χ1v) is 8.36. The molecule has 0 radical (unpaired) electrons. The predicted octanol–water partition coefficient (Wildman–Crippen LogP) is 5.98. The van der Waals surface area contributed by atoms with E-state index < -0.39 is 0 Å². The van der Waals surface area contributed by atoms with Crippen LogP contribution in [0.4, 0.5) is 0 Å². The summed E-state index contributed by atoms with van der Waals surface area (Å²) in [4.78, 5) is 0. The lowest BCUT2D eigenvalue weighted by atomic mass is 9.92. The first kappa shape index (κ1) is 13.1. The number of H-pyrrole nitrogens is 1. The molecule has 0 amide bonds. The fourth-order valence-corrected chi connectivity index (χ4v) is 3.85. The summed E-state index contributed by atoms with van der Waals surface area (Å²) < 4.78 is 3.31. The molecule has 1 aromatic rings. The summed E-state index contributed by atoms with van der Waals surface area (Å²) >= 11 is 0. The number of aromatic amines is 1. The van der Waals surface area contributed by atoms with Crippen LogP contribution in [0.5, 0.6) is 0 Å². The maximum absolute atomic E-state index is 3.31. The van der Waals surface area contributed by atoms with Gasteiger partial charge in [0.2, 0.25) is 0 Å². The quantitative estimate of drug-likeness (QED) is 0.631. The maximum atomic E-state index is 3.31. The molecule has 1 aliphatic rings. The van der Waals surface area contributed by atoms with Crippen molar-refractivity contribution in [1.82, 2.24) is 4.75 Å². The molecule has 0 aromatic carbocycles. The third-order valence-electron chi connectivity index (χ3n) is 4.05. The summed E-state index contributed by atoms with van der Waals surface area (Å²) in [5, 5.41) is 1.64. The van der Waals surface area contributed by atoms with E-state index in [1.54, 1.807) is 5.30 Å². The fraction of sp³-hybridized carbons (Fsp3) is 0.800. The zero-order chi connectivity index (χ0) is 11.8. The summed E-state index contributed by atoms with van der Waals surface area (Å²) in [7, 11) is 1.36. The topological polar surface area (TPSA) is 15.8 Å². The highest BCUT2D eigenvalue weighted by Crippen LogP contribution is 2.33. The van der Waals surface area contributed by atoms with Crippen molar-refractivity contribution in [1.29, 1.82) is 0 Å². The van der Waals surface area contributed by atoms with Gasteiger partial charge in [-0.3, -0.25) is 0 Å². The van der Waals surface area contributed by atoms with Crippen LogP contribution in [0.2, 0.25) is 0 Å². The van der Waals surface area contributed by atoms with Gasteiger partial charge in [-0.15, -0.1) is 0 Å². The monoisotopic (exact) mass is 251 g/mol. The van der Waals surface area contributed by atoms with Crippen LogP contribution in [-0.2, 0) is 0 Å². The number of nitrogens with one attached hydrogen (secondary N) is 1. The smallest absolute Gasteiger partial charge is 0.0142 e. The molecule has 0 bridgehead atoms. The van der Waals surface area contributed by atoms with Crippen LogP contribution < -0.4 is 0 Å². The van der Waals surface area contributed by atoms with Crippen LogP contribution in [0.15, 0.2) is 12.3 Å². The summed E-state index contributed by atoms with van der Waals surface area (Å²) in [6.07, 6.45) is 18.1. The molecule has 1 saturated carbocycles. The Labute approximate surface area is 108 Å². The van der Waals surface area contributed by atoms with Gasteiger partial charge in [0, 0.05) is 19.8 Å². The lowest BCUT2D eigenvalue weighted by Crippen LogP contribution is -1.98. The van der Waals surface area contributed by atoms with E-state index in [0.29, 0.717) is 0 Å². The first-order chi connectivity index (χ1) is 8.47. The van der Waals surface area contributed by atoms with Gasteiger partial charge >= 0.3 is 0 Å². The molecule has 2 heteroatoms. The fourth-order valence-electron chi connectivity index (χ4n) is 2.96. The Morgan fingerprint density at radius 3 is 1.82 bits per heavy atom. The Hall–Kier alpha value is -0.290. The second-order valence-electron chi connectivity index (χ2n) is 5.46. The van der Waals surface area contributed by atoms with E-state index in [9.17, 15) is 0 Å². The van der Waals surface area contributed by atoms with Gasteiger partial charge in [0.05, 0.1) is 0 Å². The van der Waals surface area contributed by atoms with Crippen molar-refractivity contribution >= 4 is 8.35 Å². The lowest BCUT2D eigenvalue weighted by Gasteiger charge is -2.16. The normalized spacial score (nSPS) is 22.1. The van der Waals surface area contributed by atoms with E-state index in [1.165, 1.54) is 79.0 Å². The van der Waals surface area contributed by atoms with Gasteiger partial charge in [-0.2, -0.15) is 0 Å². The molecule has 1 heterocycles. The van der Waals surface area contributed by atoms with E-state index in [0.717, 1.165) is 5.92 Å². The summed E-state index contributed by atoms with van der Waals surface area (Å²) in [5.74, 6) is 0.863. The Kier molecular flexibility index (Phi) is 6.13. The Morgan fingerprint density at radius 2 is 1.35 bits per heavy atom. The third-order valence-corrected chi connectivity index (χ3v) is 5.10. The summed E-state index contributed by atoms with van der Waals surface area (Å²) in [6.45, 7) is 0. The molecule has 96 valence electrons. The third kappa shape index (κ3) is 4.84. The minimum Gasteiger partial charge on any atom is -0.344 e. The molecule has 17 heavy (non-hydrogen) atoms. The Morgan fingerprint density at radius 1 is 0.824 bits per heavy atom. The van der Waals surface area contributed by atoms with E-state index in [2.05, 4.69) is 17.0 Å². The van der Waals surface area contributed by atoms with Crippen LogP contribution in [0.25, 0.3) is 0 Å². The second-order valence-corrected chi connectivity index (χ2v) is 6.45. The number of rotatable bonds is 1. The molecular formula is C15H26NP. The molecule has 2 rings (SSSR count). The van der Waals surface area contributed by atoms with E-state index in [-0.39, 0.29) is 0 Å². The van der Waals surface area contributed by atoms with Crippen molar-refractivity contribution in [3.63, 3.8) is 0 Å². The summed E-state index contributed by atoms with van der Waals surface area (Å²) in [5.41, 5.74) is 0. The van der Waals surface area contributed by atoms with Crippen LogP contribution in [0, 0.1) is 0 Å². The van der Waals surface area contributed by atoms with Crippen molar-refractivity contribution in [2.45, 2.75) is 76.5 Å². The number of aromatic nitrogens is 1. The van der Waals surface area contributed by atoms with Crippen LogP contribution in [0.3, 0.4) is 0 Å². The zero-order valence-electron chi connectivity index (χ0n) is 11.0. The predicted molar refractivity (Wildman–Crippen MR) is 76.8 cm³/mol. The van der Waals surface area contributed by atoms with Gasteiger partial charge in [-0.25, -0.2) is 0 Å². The van der Waals surface area contributed by atoms with Gasteiger partial charge in [0.1, 0.15) is 0 Å². The molecule has 0 atom stereocenters. The average Bonchev–Trinajstić information content (AvgIpc) is 2.83. The lowest BCUT2D eigenvalue weighted by molar-refractivity contribution is 0.471. The largest absolute Gasteiger partial charge is 0.344 e. The molecule has 0 spiro atoms. The molecule has 0 unspecified atom stereocenters. The van der Waals surface area contributed by atoms with Gasteiger partial charge < -0.3 is 4.75 Å². The van der Waals surface area contributed by atoms with Crippen molar-refractivity contribution in [3.05, 3.63) is 17.6 Å². The van der Waals surface area contributed by atoms with Gasteiger partial charge in [0.25, 0.3) is 0 Å². The Bertz CT molecular complexity index is 269. The van der Waals surface area contributed by atoms with E-state index in [4.69, 9.17) is 0 Å². The molecule has 1 aliphatic carbocycles. The van der Waals surface area contributed by atoms with Crippen molar-refractivity contribution in [2.75, 3.05) is 0 Å². The highest BCUT2D eigenvalue weighted by molar-refractivity contribution is 7.26. The van der Waals surface area contributed by atoms with Crippen LogP contribution >= 0.6 is 8.35 Å². The van der Waals surface area contributed by atoms with Gasteiger partial charge in [-0.05, 0) is 24.8 Å². The average molecular weight is 251 g/mol. The van der Waals surface area contributed by atoms with Crippen molar-refractivity contribution in [2.24, 2.45) is 0 Å². The second kappa shape index (κ2) is 7.93. The first-order valence-electron chi connectivity index (χ1n) is 7.46.